The molecule has 1 saturated heterocycles. The van der Waals surface area contributed by atoms with E-state index in [-0.39, 0.29) is 11.9 Å². The molecule has 0 unspecified atom stereocenters. The predicted octanol–water partition coefficient (Wildman–Crippen LogP) is 1.19. The van der Waals surface area contributed by atoms with Gasteiger partial charge in [0.25, 0.3) is 0 Å². The summed E-state index contributed by atoms with van der Waals surface area (Å²) in [5.74, 6) is 1.05. The van der Waals surface area contributed by atoms with Crippen LogP contribution < -0.4 is 10.5 Å². The minimum absolute atomic E-state index is 0.162. The molecule has 1 aliphatic rings. The monoisotopic (exact) mass is 248 g/mol. The van der Waals surface area contributed by atoms with Crippen molar-refractivity contribution in [3.05, 3.63) is 29.8 Å². The summed E-state index contributed by atoms with van der Waals surface area (Å²) in [7, 11) is 1.65. The Balaban J connectivity index is 1.81. The molecule has 98 valence electrons. The zero-order valence-corrected chi connectivity index (χ0v) is 10.8. The molecule has 2 N–H and O–H groups in total. The number of benzene rings is 1. The first kappa shape index (κ1) is 12.9. The van der Waals surface area contributed by atoms with Crippen LogP contribution >= 0.6 is 0 Å². The summed E-state index contributed by atoms with van der Waals surface area (Å²) in [6.07, 6.45) is 2.25. The lowest BCUT2D eigenvalue weighted by molar-refractivity contribution is -0.130. The Morgan fingerprint density at radius 1 is 1.44 bits per heavy atom. The fraction of sp³-hybridized carbons (Fsp3) is 0.500. The van der Waals surface area contributed by atoms with Crippen LogP contribution in [0.15, 0.2) is 24.3 Å². The molecule has 1 fully saturated rings. The molecule has 1 atom stereocenters. The van der Waals surface area contributed by atoms with E-state index >= 15 is 0 Å². The second-order valence-corrected chi connectivity index (χ2v) is 4.74. The molecule has 1 amide bonds. The highest BCUT2D eigenvalue weighted by Gasteiger charge is 2.22. The molecule has 1 aromatic rings. The summed E-state index contributed by atoms with van der Waals surface area (Å²) in [6.45, 7) is 1.52. The Bertz CT molecular complexity index is 403. The maximum atomic E-state index is 11.9. The van der Waals surface area contributed by atoms with Crippen LogP contribution in [0.25, 0.3) is 0 Å². The van der Waals surface area contributed by atoms with Crippen molar-refractivity contribution in [2.24, 2.45) is 5.73 Å². The fourth-order valence-corrected chi connectivity index (χ4v) is 2.22. The van der Waals surface area contributed by atoms with Gasteiger partial charge in [-0.25, -0.2) is 0 Å². The minimum Gasteiger partial charge on any atom is -0.497 e. The van der Waals surface area contributed by atoms with Gasteiger partial charge >= 0.3 is 0 Å². The third-order valence-electron chi connectivity index (χ3n) is 3.36. The number of ether oxygens (including phenoxy) is 1. The standard InChI is InChI=1S/C14H20N2O2/c1-18-13-5-2-11(3-6-13)4-7-14(17)16-9-8-12(15)10-16/h2-3,5-6,12H,4,7-10,15H2,1H3/t12-/m1/s1. The van der Waals surface area contributed by atoms with E-state index in [9.17, 15) is 4.79 Å². The largest absolute Gasteiger partial charge is 0.497 e. The van der Waals surface area contributed by atoms with E-state index in [2.05, 4.69) is 0 Å². The van der Waals surface area contributed by atoms with Gasteiger partial charge in [0.2, 0.25) is 5.91 Å². The molecule has 1 aliphatic heterocycles. The first-order valence-electron chi connectivity index (χ1n) is 6.35. The first-order valence-corrected chi connectivity index (χ1v) is 6.35. The fourth-order valence-electron chi connectivity index (χ4n) is 2.22. The molecule has 0 aromatic heterocycles. The minimum atomic E-state index is 0.162. The van der Waals surface area contributed by atoms with Crippen molar-refractivity contribution in [1.29, 1.82) is 0 Å². The summed E-state index contributed by atoms with van der Waals surface area (Å²) in [4.78, 5) is 13.8. The highest BCUT2D eigenvalue weighted by molar-refractivity contribution is 5.76. The van der Waals surface area contributed by atoms with Crippen molar-refractivity contribution in [2.75, 3.05) is 20.2 Å². The Labute approximate surface area is 108 Å². The Morgan fingerprint density at radius 3 is 2.72 bits per heavy atom. The van der Waals surface area contributed by atoms with Gasteiger partial charge in [0, 0.05) is 25.6 Å². The van der Waals surface area contributed by atoms with Crippen LogP contribution in [-0.2, 0) is 11.2 Å². The zero-order valence-electron chi connectivity index (χ0n) is 10.8. The third-order valence-corrected chi connectivity index (χ3v) is 3.36. The van der Waals surface area contributed by atoms with Crippen LogP contribution in [0.4, 0.5) is 0 Å². The van der Waals surface area contributed by atoms with Crippen LogP contribution in [0.3, 0.4) is 0 Å². The summed E-state index contributed by atoms with van der Waals surface area (Å²) in [5.41, 5.74) is 6.95. The Hall–Kier alpha value is -1.55. The van der Waals surface area contributed by atoms with Gasteiger partial charge in [0.1, 0.15) is 5.75 Å². The van der Waals surface area contributed by atoms with E-state index in [0.29, 0.717) is 13.0 Å². The van der Waals surface area contributed by atoms with Gasteiger partial charge in [-0.1, -0.05) is 12.1 Å². The van der Waals surface area contributed by atoms with Crippen LogP contribution in [-0.4, -0.2) is 37.0 Å². The smallest absolute Gasteiger partial charge is 0.222 e. The second kappa shape index (κ2) is 5.87. The van der Waals surface area contributed by atoms with Crippen molar-refractivity contribution in [3.63, 3.8) is 0 Å². The van der Waals surface area contributed by atoms with E-state index in [1.807, 2.05) is 29.2 Å². The van der Waals surface area contributed by atoms with E-state index in [1.165, 1.54) is 0 Å². The van der Waals surface area contributed by atoms with Crippen LogP contribution in [0.5, 0.6) is 5.75 Å². The predicted molar refractivity (Wildman–Crippen MR) is 70.5 cm³/mol. The molecule has 0 bridgehead atoms. The number of methoxy groups -OCH3 is 1. The number of carbonyl (C=O) groups is 1. The van der Waals surface area contributed by atoms with Crippen LogP contribution in [0, 0.1) is 0 Å². The topological polar surface area (TPSA) is 55.6 Å². The molecule has 4 nitrogen and oxygen atoms in total. The number of nitrogens with zero attached hydrogens (tertiary/aromatic N) is 1. The van der Waals surface area contributed by atoms with E-state index in [4.69, 9.17) is 10.5 Å². The first-order chi connectivity index (χ1) is 8.69. The van der Waals surface area contributed by atoms with Crippen molar-refractivity contribution in [2.45, 2.75) is 25.3 Å². The molecule has 4 heteroatoms. The highest BCUT2D eigenvalue weighted by Crippen LogP contribution is 2.14. The number of hydrogen-bond acceptors (Lipinski definition) is 3. The number of amides is 1. The number of carbonyl (C=O) groups excluding carboxylic acids is 1. The average Bonchev–Trinajstić information content (AvgIpc) is 2.83. The molecule has 1 aromatic carbocycles. The molecular formula is C14H20N2O2. The van der Waals surface area contributed by atoms with E-state index < -0.39 is 0 Å². The molecule has 0 saturated carbocycles. The Kier molecular flexibility index (Phi) is 4.20. The molecule has 0 spiro atoms. The summed E-state index contributed by atoms with van der Waals surface area (Å²) in [6, 6.07) is 8.01. The lowest BCUT2D eigenvalue weighted by Gasteiger charge is -2.15. The average molecular weight is 248 g/mol. The molecule has 18 heavy (non-hydrogen) atoms. The number of nitrogens with two attached hydrogens (primary N) is 1. The molecule has 0 aliphatic carbocycles. The number of rotatable bonds is 4. The third kappa shape index (κ3) is 3.23. The maximum absolute atomic E-state index is 11.9. The normalized spacial score (nSPS) is 19.0. The van der Waals surface area contributed by atoms with Gasteiger partial charge in [-0.05, 0) is 30.5 Å². The zero-order chi connectivity index (χ0) is 13.0. The van der Waals surface area contributed by atoms with Gasteiger partial charge in [-0.3, -0.25) is 4.79 Å². The van der Waals surface area contributed by atoms with Gasteiger partial charge in [0.15, 0.2) is 0 Å². The summed E-state index contributed by atoms with van der Waals surface area (Å²) >= 11 is 0. The number of hydrogen-bond donors (Lipinski definition) is 1. The van der Waals surface area contributed by atoms with Gasteiger partial charge < -0.3 is 15.4 Å². The summed E-state index contributed by atoms with van der Waals surface area (Å²) < 4.78 is 5.10. The van der Waals surface area contributed by atoms with E-state index in [0.717, 1.165) is 30.7 Å². The van der Waals surface area contributed by atoms with Crippen molar-refractivity contribution in [3.8, 4) is 5.75 Å². The SMILES string of the molecule is COc1ccc(CCC(=O)N2CC[C@@H](N)C2)cc1. The van der Waals surface area contributed by atoms with Gasteiger partial charge in [-0.15, -0.1) is 0 Å². The molecule has 0 radical (unpaired) electrons. The lowest BCUT2D eigenvalue weighted by Crippen LogP contribution is -2.31. The quantitative estimate of drug-likeness (QED) is 0.870. The van der Waals surface area contributed by atoms with Crippen molar-refractivity contribution in [1.82, 2.24) is 4.90 Å². The maximum Gasteiger partial charge on any atom is 0.222 e. The molecular weight excluding hydrogens is 228 g/mol. The van der Waals surface area contributed by atoms with E-state index in [1.54, 1.807) is 7.11 Å². The van der Waals surface area contributed by atoms with Crippen molar-refractivity contribution >= 4 is 5.91 Å². The highest BCUT2D eigenvalue weighted by atomic mass is 16.5. The van der Waals surface area contributed by atoms with Crippen LogP contribution in [0.1, 0.15) is 18.4 Å². The van der Waals surface area contributed by atoms with Gasteiger partial charge in [-0.2, -0.15) is 0 Å². The van der Waals surface area contributed by atoms with Crippen LogP contribution in [0.2, 0.25) is 0 Å². The Morgan fingerprint density at radius 2 is 2.17 bits per heavy atom. The second-order valence-electron chi connectivity index (χ2n) is 4.74. The summed E-state index contributed by atoms with van der Waals surface area (Å²) in [5, 5.41) is 0. The number of likely N-dealkylation sites (tertiary alicyclic amines) is 1. The molecule has 2 rings (SSSR count). The van der Waals surface area contributed by atoms with Gasteiger partial charge in [0.05, 0.1) is 7.11 Å². The number of aryl methyl sites for hydroxylation is 1. The van der Waals surface area contributed by atoms with Crippen molar-refractivity contribution < 1.29 is 9.53 Å². The lowest BCUT2D eigenvalue weighted by atomic mass is 10.1. The molecule has 1 heterocycles.